The minimum Gasteiger partial charge on any atom is -0.508 e. The van der Waals surface area contributed by atoms with E-state index in [2.05, 4.69) is 5.32 Å². The Labute approximate surface area is 119 Å². The van der Waals surface area contributed by atoms with E-state index in [1.165, 1.54) is 30.3 Å². The number of hydrogen-bond donors (Lipinski definition) is 3. The lowest BCUT2D eigenvalue weighted by molar-refractivity contribution is 0.0911. The van der Waals surface area contributed by atoms with E-state index in [1.54, 1.807) is 0 Å². The SMILES string of the molecule is O=C(NCC(O)c1c(F)cccc1F)c1cccc(O)c1. The zero-order chi connectivity index (χ0) is 15.4. The van der Waals surface area contributed by atoms with Crippen molar-refractivity contribution in [1.29, 1.82) is 0 Å². The van der Waals surface area contributed by atoms with Crippen molar-refractivity contribution in [3.63, 3.8) is 0 Å². The molecule has 110 valence electrons. The number of carbonyl (C=O) groups is 1. The zero-order valence-corrected chi connectivity index (χ0v) is 10.9. The summed E-state index contributed by atoms with van der Waals surface area (Å²) in [5, 5.41) is 21.4. The Hall–Kier alpha value is -2.47. The van der Waals surface area contributed by atoms with E-state index in [1.807, 2.05) is 0 Å². The average Bonchev–Trinajstić information content (AvgIpc) is 2.44. The Morgan fingerprint density at radius 1 is 1.14 bits per heavy atom. The van der Waals surface area contributed by atoms with Crippen LogP contribution in [0.5, 0.6) is 5.75 Å². The maximum absolute atomic E-state index is 13.5. The number of aliphatic hydroxyl groups excluding tert-OH is 1. The Kier molecular flexibility index (Phi) is 4.49. The van der Waals surface area contributed by atoms with E-state index in [-0.39, 0.29) is 17.9 Å². The largest absolute Gasteiger partial charge is 0.508 e. The number of aliphatic hydroxyl groups is 1. The van der Waals surface area contributed by atoms with Gasteiger partial charge < -0.3 is 15.5 Å². The van der Waals surface area contributed by atoms with Crippen LogP contribution in [-0.2, 0) is 0 Å². The number of nitrogens with one attached hydrogen (secondary N) is 1. The molecule has 0 aliphatic heterocycles. The highest BCUT2D eigenvalue weighted by molar-refractivity contribution is 5.94. The van der Waals surface area contributed by atoms with Crippen molar-refractivity contribution in [2.75, 3.05) is 6.54 Å². The van der Waals surface area contributed by atoms with Crippen LogP contribution in [-0.4, -0.2) is 22.7 Å². The molecular weight excluding hydrogens is 280 g/mol. The molecule has 3 N–H and O–H groups in total. The maximum Gasteiger partial charge on any atom is 0.251 e. The van der Waals surface area contributed by atoms with Crippen LogP contribution in [0.1, 0.15) is 22.0 Å². The highest BCUT2D eigenvalue weighted by Gasteiger charge is 2.18. The van der Waals surface area contributed by atoms with Crippen molar-refractivity contribution in [1.82, 2.24) is 5.32 Å². The molecule has 0 radical (unpaired) electrons. The van der Waals surface area contributed by atoms with Gasteiger partial charge in [-0.3, -0.25) is 4.79 Å². The Morgan fingerprint density at radius 3 is 2.38 bits per heavy atom. The van der Waals surface area contributed by atoms with Crippen LogP contribution in [0, 0.1) is 11.6 Å². The van der Waals surface area contributed by atoms with Gasteiger partial charge in [-0.15, -0.1) is 0 Å². The molecule has 4 nitrogen and oxygen atoms in total. The number of benzene rings is 2. The summed E-state index contributed by atoms with van der Waals surface area (Å²) in [6.45, 7) is -0.355. The van der Waals surface area contributed by atoms with Gasteiger partial charge in [-0.05, 0) is 30.3 Å². The standard InChI is InChI=1S/C15H13F2NO3/c16-11-5-2-6-12(17)14(11)13(20)8-18-15(21)9-3-1-4-10(19)7-9/h1-7,13,19-20H,8H2,(H,18,21). The second kappa shape index (κ2) is 6.32. The second-order valence-electron chi connectivity index (χ2n) is 4.41. The lowest BCUT2D eigenvalue weighted by Crippen LogP contribution is -2.29. The molecule has 2 aromatic carbocycles. The van der Waals surface area contributed by atoms with E-state index in [0.717, 1.165) is 12.1 Å². The normalized spacial score (nSPS) is 12.0. The van der Waals surface area contributed by atoms with Gasteiger partial charge in [-0.1, -0.05) is 12.1 Å². The number of halogens is 2. The molecule has 0 saturated carbocycles. The molecule has 1 unspecified atom stereocenters. The van der Waals surface area contributed by atoms with Crippen molar-refractivity contribution in [3.05, 3.63) is 65.2 Å². The lowest BCUT2D eigenvalue weighted by atomic mass is 10.1. The molecule has 0 aliphatic rings. The van der Waals surface area contributed by atoms with Gasteiger partial charge in [0.1, 0.15) is 23.5 Å². The Bertz CT molecular complexity index is 641. The fraction of sp³-hybridized carbons (Fsp3) is 0.133. The van der Waals surface area contributed by atoms with E-state index in [4.69, 9.17) is 0 Å². The summed E-state index contributed by atoms with van der Waals surface area (Å²) in [6, 6.07) is 8.83. The third-order valence-corrected chi connectivity index (χ3v) is 2.90. The molecule has 0 spiro atoms. The molecule has 0 heterocycles. The van der Waals surface area contributed by atoms with Crippen molar-refractivity contribution in [2.45, 2.75) is 6.10 Å². The summed E-state index contributed by atoms with van der Waals surface area (Å²) in [5.74, 6) is -2.41. The molecule has 2 rings (SSSR count). The fourth-order valence-electron chi connectivity index (χ4n) is 1.87. The first kappa shape index (κ1) is 14.9. The first-order chi connectivity index (χ1) is 9.99. The molecule has 1 amide bonds. The van der Waals surface area contributed by atoms with Crippen LogP contribution in [0.2, 0.25) is 0 Å². The van der Waals surface area contributed by atoms with Gasteiger partial charge in [-0.25, -0.2) is 8.78 Å². The van der Waals surface area contributed by atoms with E-state index in [9.17, 15) is 23.8 Å². The monoisotopic (exact) mass is 293 g/mol. The minimum atomic E-state index is -1.51. The van der Waals surface area contributed by atoms with Crippen LogP contribution >= 0.6 is 0 Å². The van der Waals surface area contributed by atoms with Crippen molar-refractivity contribution >= 4 is 5.91 Å². The van der Waals surface area contributed by atoms with Crippen LogP contribution < -0.4 is 5.32 Å². The Morgan fingerprint density at radius 2 is 1.76 bits per heavy atom. The topological polar surface area (TPSA) is 69.6 Å². The molecular formula is C15H13F2NO3. The van der Waals surface area contributed by atoms with Crippen molar-refractivity contribution in [3.8, 4) is 5.75 Å². The maximum atomic E-state index is 13.5. The summed E-state index contributed by atoms with van der Waals surface area (Å²) in [7, 11) is 0. The summed E-state index contributed by atoms with van der Waals surface area (Å²) in [4.78, 5) is 11.8. The minimum absolute atomic E-state index is 0.0802. The number of phenols is 1. The van der Waals surface area contributed by atoms with Gasteiger partial charge in [0.05, 0.1) is 5.56 Å². The van der Waals surface area contributed by atoms with Gasteiger partial charge >= 0.3 is 0 Å². The van der Waals surface area contributed by atoms with Crippen LogP contribution in [0.25, 0.3) is 0 Å². The number of amides is 1. The molecule has 0 bridgehead atoms. The summed E-state index contributed by atoms with van der Waals surface area (Å²) in [5.41, 5.74) is -0.315. The van der Waals surface area contributed by atoms with E-state index in [0.29, 0.717) is 0 Å². The van der Waals surface area contributed by atoms with Gasteiger partial charge in [0, 0.05) is 12.1 Å². The number of hydrogen-bond acceptors (Lipinski definition) is 3. The number of phenolic OH excluding ortho intramolecular Hbond substituents is 1. The number of rotatable bonds is 4. The predicted octanol–water partition coefficient (Wildman–Crippen LogP) is 2.13. The quantitative estimate of drug-likeness (QED) is 0.809. The predicted molar refractivity (Wildman–Crippen MR) is 71.8 cm³/mol. The molecule has 0 saturated heterocycles. The molecule has 2 aromatic rings. The number of aromatic hydroxyl groups is 1. The smallest absolute Gasteiger partial charge is 0.251 e. The Balaban J connectivity index is 2.04. The van der Waals surface area contributed by atoms with Crippen LogP contribution in [0.15, 0.2) is 42.5 Å². The lowest BCUT2D eigenvalue weighted by Gasteiger charge is -2.14. The van der Waals surface area contributed by atoms with E-state index >= 15 is 0 Å². The zero-order valence-electron chi connectivity index (χ0n) is 10.9. The third kappa shape index (κ3) is 3.55. The van der Waals surface area contributed by atoms with Gasteiger partial charge in [0.2, 0.25) is 0 Å². The number of carbonyl (C=O) groups excluding carboxylic acids is 1. The molecule has 1 atom stereocenters. The van der Waals surface area contributed by atoms with Gasteiger partial charge in [-0.2, -0.15) is 0 Å². The summed E-state index contributed by atoms with van der Waals surface area (Å²) >= 11 is 0. The van der Waals surface area contributed by atoms with Gasteiger partial charge in [0.25, 0.3) is 5.91 Å². The highest BCUT2D eigenvalue weighted by Crippen LogP contribution is 2.20. The first-order valence-electron chi connectivity index (χ1n) is 6.18. The molecule has 0 aliphatic carbocycles. The average molecular weight is 293 g/mol. The molecule has 0 aromatic heterocycles. The fourth-order valence-corrected chi connectivity index (χ4v) is 1.87. The van der Waals surface area contributed by atoms with E-state index < -0.39 is 29.2 Å². The van der Waals surface area contributed by atoms with Crippen molar-refractivity contribution in [2.24, 2.45) is 0 Å². The molecule has 21 heavy (non-hydrogen) atoms. The highest BCUT2D eigenvalue weighted by atomic mass is 19.1. The molecule has 6 heteroatoms. The van der Waals surface area contributed by atoms with Crippen molar-refractivity contribution < 1.29 is 23.8 Å². The first-order valence-corrected chi connectivity index (χ1v) is 6.18. The third-order valence-electron chi connectivity index (χ3n) is 2.90. The second-order valence-corrected chi connectivity index (χ2v) is 4.41. The van der Waals surface area contributed by atoms with Gasteiger partial charge in [0.15, 0.2) is 0 Å². The summed E-state index contributed by atoms with van der Waals surface area (Å²) in [6.07, 6.45) is -1.51. The summed E-state index contributed by atoms with van der Waals surface area (Å²) < 4.78 is 26.9. The van der Waals surface area contributed by atoms with Crippen LogP contribution in [0.4, 0.5) is 8.78 Å². The molecule has 0 fully saturated rings. The van der Waals surface area contributed by atoms with Crippen LogP contribution in [0.3, 0.4) is 0 Å².